The lowest BCUT2D eigenvalue weighted by Crippen LogP contribution is -2.44. The zero-order chi connectivity index (χ0) is 18.5. The molecule has 2 aromatic rings. The van der Waals surface area contributed by atoms with E-state index in [1.54, 1.807) is 18.6 Å². The summed E-state index contributed by atoms with van der Waals surface area (Å²) in [6.45, 7) is 9.32. The van der Waals surface area contributed by atoms with E-state index in [0.29, 0.717) is 19.0 Å². The Hall–Kier alpha value is -2.44. The van der Waals surface area contributed by atoms with Gasteiger partial charge in [0.25, 0.3) is 0 Å². The molecule has 0 radical (unpaired) electrons. The minimum Gasteiger partial charge on any atom is -0.355 e. The number of piperidine rings is 1. The van der Waals surface area contributed by atoms with Gasteiger partial charge in [-0.3, -0.25) is 14.5 Å². The van der Waals surface area contributed by atoms with E-state index in [1.807, 2.05) is 11.6 Å². The van der Waals surface area contributed by atoms with E-state index in [4.69, 9.17) is 0 Å². The van der Waals surface area contributed by atoms with Crippen molar-refractivity contribution in [2.75, 3.05) is 24.5 Å². The third kappa shape index (κ3) is 4.59. The summed E-state index contributed by atoms with van der Waals surface area (Å²) in [5.74, 6) is 1.32. The van der Waals surface area contributed by atoms with Crippen LogP contribution in [0.1, 0.15) is 31.2 Å². The van der Waals surface area contributed by atoms with Gasteiger partial charge in [-0.25, -0.2) is 4.98 Å². The van der Waals surface area contributed by atoms with Crippen LogP contribution >= 0.6 is 0 Å². The number of hydrogen-bond acceptors (Lipinski definition) is 5. The number of carbonyl (C=O) groups is 1. The van der Waals surface area contributed by atoms with Gasteiger partial charge < -0.3 is 10.2 Å². The molecule has 1 aliphatic rings. The fourth-order valence-corrected chi connectivity index (χ4v) is 3.49. The summed E-state index contributed by atoms with van der Waals surface area (Å²) in [6.07, 6.45) is 7.04. The molecular weight excluding hydrogens is 328 g/mol. The minimum absolute atomic E-state index is 0.00615. The van der Waals surface area contributed by atoms with Gasteiger partial charge >= 0.3 is 0 Å². The molecule has 1 fully saturated rings. The van der Waals surface area contributed by atoms with Gasteiger partial charge in [-0.2, -0.15) is 5.10 Å². The number of hydrogen-bond donors (Lipinski definition) is 1. The van der Waals surface area contributed by atoms with Crippen LogP contribution in [0, 0.1) is 25.7 Å². The van der Waals surface area contributed by atoms with Crippen LogP contribution in [0.3, 0.4) is 0 Å². The Morgan fingerprint density at radius 3 is 2.92 bits per heavy atom. The molecule has 0 aliphatic carbocycles. The maximum atomic E-state index is 12.6. The molecule has 26 heavy (non-hydrogen) atoms. The van der Waals surface area contributed by atoms with Gasteiger partial charge in [0.1, 0.15) is 5.82 Å². The van der Waals surface area contributed by atoms with E-state index < -0.39 is 0 Å². The zero-order valence-electron chi connectivity index (χ0n) is 15.9. The van der Waals surface area contributed by atoms with Gasteiger partial charge in [-0.15, -0.1) is 0 Å². The molecule has 1 aliphatic heterocycles. The summed E-state index contributed by atoms with van der Waals surface area (Å²) in [4.78, 5) is 23.2. The average molecular weight is 356 g/mol. The number of nitrogens with one attached hydrogen (secondary N) is 1. The number of anilines is 1. The van der Waals surface area contributed by atoms with Crippen molar-refractivity contribution < 1.29 is 4.79 Å². The van der Waals surface area contributed by atoms with Crippen LogP contribution in [0.4, 0.5) is 5.82 Å². The first-order valence-electron chi connectivity index (χ1n) is 9.32. The summed E-state index contributed by atoms with van der Waals surface area (Å²) in [6, 6.07) is 2.08. The second-order valence-corrected chi connectivity index (χ2v) is 7.31. The Kier molecular flexibility index (Phi) is 5.85. The van der Waals surface area contributed by atoms with E-state index in [2.05, 4.69) is 45.2 Å². The highest BCUT2D eigenvalue weighted by molar-refractivity contribution is 5.79. The number of aryl methyl sites for hydroxylation is 2. The molecule has 1 N–H and O–H groups in total. The SMILES string of the molecule is Cc1cc(C)n(CC(C)CNC(=O)C2CCCN(c3cnccn3)C2)n1. The molecule has 2 atom stereocenters. The zero-order valence-corrected chi connectivity index (χ0v) is 15.9. The van der Waals surface area contributed by atoms with Crippen LogP contribution in [0.5, 0.6) is 0 Å². The second-order valence-electron chi connectivity index (χ2n) is 7.31. The first-order chi connectivity index (χ1) is 12.5. The van der Waals surface area contributed by atoms with E-state index in [-0.39, 0.29) is 11.8 Å². The summed E-state index contributed by atoms with van der Waals surface area (Å²) in [5.41, 5.74) is 2.19. The molecule has 3 heterocycles. The lowest BCUT2D eigenvalue weighted by Gasteiger charge is -2.32. The second kappa shape index (κ2) is 8.29. The average Bonchev–Trinajstić information content (AvgIpc) is 2.97. The number of carbonyl (C=O) groups excluding carboxylic acids is 1. The molecule has 0 aromatic carbocycles. The maximum Gasteiger partial charge on any atom is 0.224 e. The van der Waals surface area contributed by atoms with Crippen molar-refractivity contribution in [2.45, 2.75) is 40.2 Å². The Morgan fingerprint density at radius 1 is 1.38 bits per heavy atom. The highest BCUT2D eigenvalue weighted by Gasteiger charge is 2.26. The van der Waals surface area contributed by atoms with Gasteiger partial charge in [-0.05, 0) is 38.7 Å². The fourth-order valence-electron chi connectivity index (χ4n) is 3.49. The highest BCUT2D eigenvalue weighted by Crippen LogP contribution is 2.21. The molecule has 2 aromatic heterocycles. The van der Waals surface area contributed by atoms with Gasteiger partial charge in [0.05, 0.1) is 17.8 Å². The molecule has 1 amide bonds. The molecule has 0 bridgehead atoms. The molecule has 7 nitrogen and oxygen atoms in total. The molecule has 7 heteroatoms. The van der Waals surface area contributed by atoms with E-state index in [0.717, 1.165) is 43.1 Å². The number of amides is 1. The Labute approximate surface area is 154 Å². The molecule has 140 valence electrons. The molecule has 1 saturated heterocycles. The van der Waals surface area contributed by atoms with Crippen molar-refractivity contribution in [1.29, 1.82) is 0 Å². The smallest absolute Gasteiger partial charge is 0.224 e. The minimum atomic E-state index is 0.00615. The summed E-state index contributed by atoms with van der Waals surface area (Å²) in [7, 11) is 0. The number of aromatic nitrogens is 4. The van der Waals surface area contributed by atoms with Crippen molar-refractivity contribution in [3.8, 4) is 0 Å². The van der Waals surface area contributed by atoms with Crippen LogP contribution in [-0.4, -0.2) is 45.3 Å². The van der Waals surface area contributed by atoms with Crippen LogP contribution in [0.15, 0.2) is 24.7 Å². The number of nitrogens with zero attached hydrogens (tertiary/aromatic N) is 5. The summed E-state index contributed by atoms with van der Waals surface area (Å²) < 4.78 is 2.02. The first-order valence-corrected chi connectivity index (χ1v) is 9.32. The lowest BCUT2D eigenvalue weighted by atomic mass is 9.97. The monoisotopic (exact) mass is 356 g/mol. The Morgan fingerprint density at radius 2 is 2.23 bits per heavy atom. The predicted octanol–water partition coefficient (Wildman–Crippen LogP) is 1.96. The first kappa shape index (κ1) is 18.4. The summed E-state index contributed by atoms with van der Waals surface area (Å²) in [5, 5.41) is 7.62. The van der Waals surface area contributed by atoms with Crippen molar-refractivity contribution >= 4 is 11.7 Å². The maximum absolute atomic E-state index is 12.6. The third-order valence-corrected chi connectivity index (χ3v) is 4.88. The quantitative estimate of drug-likeness (QED) is 0.856. The van der Waals surface area contributed by atoms with E-state index >= 15 is 0 Å². The van der Waals surface area contributed by atoms with Gasteiger partial charge in [0, 0.05) is 44.3 Å². The largest absolute Gasteiger partial charge is 0.355 e. The number of rotatable bonds is 6. The van der Waals surface area contributed by atoms with Gasteiger partial charge in [0.2, 0.25) is 5.91 Å². The van der Waals surface area contributed by atoms with Crippen molar-refractivity contribution in [3.05, 3.63) is 36.0 Å². The standard InChI is InChI=1S/C19H28N6O/c1-14(12-25-16(3)9-15(2)23-25)10-22-19(26)17-5-4-8-24(13-17)18-11-20-6-7-21-18/h6-7,9,11,14,17H,4-5,8,10,12-13H2,1-3H3,(H,22,26). The van der Waals surface area contributed by atoms with E-state index in [9.17, 15) is 4.79 Å². The van der Waals surface area contributed by atoms with Crippen molar-refractivity contribution in [3.63, 3.8) is 0 Å². The van der Waals surface area contributed by atoms with Crippen LogP contribution < -0.4 is 10.2 Å². The fraction of sp³-hybridized carbons (Fsp3) is 0.579. The normalized spacial score (nSPS) is 18.6. The molecule has 3 rings (SSSR count). The molecule has 0 saturated carbocycles. The highest BCUT2D eigenvalue weighted by atomic mass is 16.1. The van der Waals surface area contributed by atoms with Gasteiger partial charge in [0.15, 0.2) is 0 Å². The topological polar surface area (TPSA) is 75.9 Å². The van der Waals surface area contributed by atoms with Crippen molar-refractivity contribution in [1.82, 2.24) is 25.1 Å². The lowest BCUT2D eigenvalue weighted by molar-refractivity contribution is -0.125. The van der Waals surface area contributed by atoms with Gasteiger partial charge in [-0.1, -0.05) is 6.92 Å². The van der Waals surface area contributed by atoms with Crippen LogP contribution in [0.25, 0.3) is 0 Å². The van der Waals surface area contributed by atoms with Crippen molar-refractivity contribution in [2.24, 2.45) is 11.8 Å². The van der Waals surface area contributed by atoms with E-state index in [1.165, 1.54) is 0 Å². The molecular formula is C19H28N6O. The third-order valence-electron chi connectivity index (χ3n) is 4.88. The predicted molar refractivity (Wildman–Crippen MR) is 101 cm³/mol. The van der Waals surface area contributed by atoms with Crippen LogP contribution in [-0.2, 0) is 11.3 Å². The summed E-state index contributed by atoms with van der Waals surface area (Å²) >= 11 is 0. The van der Waals surface area contributed by atoms with Crippen LogP contribution in [0.2, 0.25) is 0 Å². The molecule has 0 spiro atoms. The Bertz CT molecular complexity index is 729. The molecule has 2 unspecified atom stereocenters. The Balaban J connectivity index is 1.49.